The smallest absolute Gasteiger partial charge is 0.317 e. The summed E-state index contributed by atoms with van der Waals surface area (Å²) in [6.07, 6.45) is 6.46. The molecule has 0 spiro atoms. The highest BCUT2D eigenvalue weighted by Gasteiger charge is 2.26. The van der Waals surface area contributed by atoms with Gasteiger partial charge in [-0.1, -0.05) is 6.92 Å². The fourth-order valence-electron chi connectivity index (χ4n) is 2.81. The maximum atomic E-state index is 12.3. The lowest BCUT2D eigenvalue weighted by Gasteiger charge is -2.34. The topological polar surface area (TPSA) is 86.9 Å². The molecule has 0 aromatic carbocycles. The van der Waals surface area contributed by atoms with Gasteiger partial charge in [-0.05, 0) is 46.8 Å². The summed E-state index contributed by atoms with van der Waals surface area (Å²) in [4.78, 5) is 22.4. The normalized spacial score (nSPS) is 16.5. The van der Waals surface area contributed by atoms with E-state index in [9.17, 15) is 4.79 Å². The predicted octanol–water partition coefficient (Wildman–Crippen LogP) is 2.91. The summed E-state index contributed by atoms with van der Waals surface area (Å²) in [5, 5.41) is 10.6. The van der Waals surface area contributed by atoms with E-state index in [1.165, 1.54) is 0 Å². The zero-order valence-electron chi connectivity index (χ0n) is 16.3. The van der Waals surface area contributed by atoms with Crippen LogP contribution in [0, 0.1) is 0 Å². The summed E-state index contributed by atoms with van der Waals surface area (Å²) in [6.45, 7) is 13.8. The molecule has 0 unspecified atom stereocenters. The molecule has 1 fully saturated rings. The first-order chi connectivity index (χ1) is 12.3. The van der Waals surface area contributed by atoms with Crippen LogP contribution in [-0.4, -0.2) is 58.6 Å². The molecule has 0 atom stereocenters. The first-order valence-electron chi connectivity index (χ1n) is 9.22. The Morgan fingerprint density at radius 1 is 1.38 bits per heavy atom. The van der Waals surface area contributed by atoms with Crippen LogP contribution in [-0.2, 0) is 0 Å². The lowest BCUT2D eigenvalue weighted by atomic mass is 10.1. The van der Waals surface area contributed by atoms with Crippen LogP contribution in [0.15, 0.2) is 22.4 Å². The number of amides is 2. The van der Waals surface area contributed by atoms with Gasteiger partial charge in [-0.2, -0.15) is 5.10 Å². The molecule has 2 amide bonds. The van der Waals surface area contributed by atoms with Crippen molar-refractivity contribution in [3.63, 3.8) is 0 Å². The van der Waals surface area contributed by atoms with Crippen LogP contribution in [0.25, 0.3) is 0 Å². The van der Waals surface area contributed by atoms with Gasteiger partial charge in [0.25, 0.3) is 0 Å². The van der Waals surface area contributed by atoms with E-state index in [0.717, 1.165) is 38.0 Å². The fraction of sp³-hybridized carbons (Fsp3) is 0.667. The van der Waals surface area contributed by atoms with Crippen LogP contribution >= 0.6 is 0 Å². The highest BCUT2D eigenvalue weighted by molar-refractivity contribution is 5.96. The fourth-order valence-corrected chi connectivity index (χ4v) is 2.81. The average Bonchev–Trinajstić information content (AvgIpc) is 3.05. The minimum Gasteiger partial charge on any atom is -0.333 e. The Kier molecular flexibility index (Phi) is 6.76. The summed E-state index contributed by atoms with van der Waals surface area (Å²) in [5.74, 6) is 0.514. The monoisotopic (exact) mass is 361 g/mol. The number of aromatic nitrogens is 2. The van der Waals surface area contributed by atoms with E-state index in [1.54, 1.807) is 6.20 Å². The third-order valence-electron chi connectivity index (χ3n) is 4.10. The minimum atomic E-state index is -0.216. The number of hydrogen-bond acceptors (Lipinski definition) is 3. The van der Waals surface area contributed by atoms with Crippen LogP contribution in [0.5, 0.6) is 0 Å². The quantitative estimate of drug-likeness (QED) is 0.638. The van der Waals surface area contributed by atoms with Crippen molar-refractivity contribution >= 4 is 24.4 Å². The number of guanidine groups is 1. The van der Waals surface area contributed by atoms with Crippen molar-refractivity contribution in [2.45, 2.75) is 58.5 Å². The second-order valence-corrected chi connectivity index (χ2v) is 7.60. The SMILES string of the molecule is C=NC(=NCCC)Nc1cnn(C2CCN(C(=O)NC(C)(C)C)CC2)c1. The highest BCUT2D eigenvalue weighted by Crippen LogP contribution is 2.23. The molecule has 2 heterocycles. The number of nitrogens with one attached hydrogen (secondary N) is 2. The number of rotatable bonds is 4. The van der Waals surface area contributed by atoms with Crippen molar-refractivity contribution < 1.29 is 4.79 Å². The number of anilines is 1. The Morgan fingerprint density at radius 3 is 2.65 bits per heavy atom. The van der Waals surface area contributed by atoms with Gasteiger partial charge in [0.15, 0.2) is 0 Å². The summed E-state index contributed by atoms with van der Waals surface area (Å²) < 4.78 is 1.96. The highest BCUT2D eigenvalue weighted by atomic mass is 16.2. The molecule has 1 aliphatic heterocycles. The molecule has 26 heavy (non-hydrogen) atoms. The molecule has 0 bridgehead atoms. The zero-order valence-corrected chi connectivity index (χ0v) is 16.3. The molecule has 1 aromatic heterocycles. The third kappa shape index (κ3) is 5.86. The van der Waals surface area contributed by atoms with E-state index >= 15 is 0 Å². The van der Waals surface area contributed by atoms with Crippen molar-refractivity contribution in [2.24, 2.45) is 9.98 Å². The van der Waals surface area contributed by atoms with E-state index < -0.39 is 0 Å². The Bertz CT molecular complexity index is 636. The Balaban J connectivity index is 1.89. The van der Waals surface area contributed by atoms with Crippen LogP contribution in [0.4, 0.5) is 10.5 Å². The molecular weight excluding hydrogens is 330 g/mol. The average molecular weight is 361 g/mol. The van der Waals surface area contributed by atoms with Gasteiger partial charge in [-0.25, -0.2) is 9.79 Å². The molecule has 2 N–H and O–H groups in total. The standard InChI is InChI=1S/C18H31N7O/c1-6-9-20-16(19-5)22-14-12-21-25(13-14)15-7-10-24(11-8-15)17(26)23-18(2,3)4/h12-13,15H,5-11H2,1-4H3,(H,20,22)(H,23,26). The van der Waals surface area contributed by atoms with Crippen LogP contribution in [0.3, 0.4) is 0 Å². The number of carbonyl (C=O) groups excluding carboxylic acids is 1. The second kappa shape index (κ2) is 8.82. The maximum absolute atomic E-state index is 12.3. The first-order valence-corrected chi connectivity index (χ1v) is 9.22. The van der Waals surface area contributed by atoms with Crippen molar-refractivity contribution in [3.05, 3.63) is 12.4 Å². The molecule has 1 aliphatic rings. The van der Waals surface area contributed by atoms with Gasteiger partial charge in [-0.3, -0.25) is 9.67 Å². The van der Waals surface area contributed by atoms with Crippen molar-refractivity contribution in [1.29, 1.82) is 0 Å². The minimum absolute atomic E-state index is 0.00704. The third-order valence-corrected chi connectivity index (χ3v) is 4.10. The van der Waals surface area contributed by atoms with Crippen molar-refractivity contribution in [2.75, 3.05) is 25.0 Å². The zero-order chi connectivity index (χ0) is 19.2. The largest absolute Gasteiger partial charge is 0.333 e. The summed E-state index contributed by atoms with van der Waals surface area (Å²) in [7, 11) is 0. The second-order valence-electron chi connectivity index (χ2n) is 7.60. The Labute approximate surface area is 155 Å². The molecule has 2 rings (SSSR count). The van der Waals surface area contributed by atoms with E-state index in [0.29, 0.717) is 12.5 Å². The Morgan fingerprint density at radius 2 is 2.08 bits per heavy atom. The van der Waals surface area contributed by atoms with Gasteiger partial charge in [0.1, 0.15) is 0 Å². The lowest BCUT2D eigenvalue weighted by Crippen LogP contribution is -2.50. The number of carbonyl (C=O) groups is 1. The molecule has 1 aromatic rings. The van der Waals surface area contributed by atoms with Gasteiger partial charge >= 0.3 is 6.03 Å². The lowest BCUT2D eigenvalue weighted by molar-refractivity contribution is 0.161. The van der Waals surface area contributed by atoms with E-state index in [2.05, 4.69) is 39.4 Å². The molecule has 0 aliphatic carbocycles. The van der Waals surface area contributed by atoms with Gasteiger partial charge in [-0.15, -0.1) is 0 Å². The predicted molar refractivity (Wildman–Crippen MR) is 106 cm³/mol. The van der Waals surface area contributed by atoms with Crippen molar-refractivity contribution in [3.8, 4) is 0 Å². The number of likely N-dealkylation sites (tertiary alicyclic amines) is 1. The first kappa shape index (κ1) is 19.9. The molecule has 1 saturated heterocycles. The van der Waals surface area contributed by atoms with Crippen molar-refractivity contribution in [1.82, 2.24) is 20.0 Å². The number of piperidine rings is 1. The van der Waals surface area contributed by atoms with Crippen LogP contribution < -0.4 is 10.6 Å². The summed E-state index contributed by atoms with van der Waals surface area (Å²) in [5.41, 5.74) is 0.632. The van der Waals surface area contributed by atoms with Gasteiger partial charge in [0, 0.05) is 31.4 Å². The molecule has 0 saturated carbocycles. The number of aliphatic imine (C=N–C) groups is 2. The molecular formula is C18H31N7O. The van der Waals surface area contributed by atoms with E-state index in [4.69, 9.17) is 0 Å². The van der Waals surface area contributed by atoms with Gasteiger partial charge in [0.2, 0.25) is 5.96 Å². The summed E-state index contributed by atoms with van der Waals surface area (Å²) >= 11 is 0. The number of nitrogens with zero attached hydrogens (tertiary/aromatic N) is 5. The molecule has 8 nitrogen and oxygen atoms in total. The van der Waals surface area contributed by atoms with Crippen LogP contribution in [0.2, 0.25) is 0 Å². The van der Waals surface area contributed by atoms with Gasteiger partial charge < -0.3 is 15.5 Å². The van der Waals surface area contributed by atoms with E-state index in [-0.39, 0.29) is 17.6 Å². The summed E-state index contributed by atoms with van der Waals surface area (Å²) in [6, 6.07) is 0.296. The molecule has 8 heteroatoms. The number of urea groups is 1. The maximum Gasteiger partial charge on any atom is 0.317 e. The van der Waals surface area contributed by atoms with Crippen LogP contribution in [0.1, 0.15) is 53.0 Å². The van der Waals surface area contributed by atoms with Gasteiger partial charge in [0.05, 0.1) is 17.9 Å². The van der Waals surface area contributed by atoms with E-state index in [1.807, 2.05) is 36.5 Å². The number of hydrogen-bond donors (Lipinski definition) is 2. The molecule has 144 valence electrons. The molecule has 0 radical (unpaired) electrons. The Hall–Kier alpha value is -2.38.